The highest BCUT2D eigenvalue weighted by Crippen LogP contribution is 2.33. The molecule has 0 bridgehead atoms. The summed E-state index contributed by atoms with van der Waals surface area (Å²) < 4.78 is 12.1. The van der Waals surface area contributed by atoms with Crippen LogP contribution in [0.2, 0.25) is 10.0 Å². The van der Waals surface area contributed by atoms with E-state index >= 15 is 0 Å². The van der Waals surface area contributed by atoms with Crippen LogP contribution in [0.1, 0.15) is 5.56 Å². The Labute approximate surface area is 182 Å². The van der Waals surface area contributed by atoms with Gasteiger partial charge in [-0.2, -0.15) is 0 Å². The second kappa shape index (κ2) is 8.26. The summed E-state index contributed by atoms with van der Waals surface area (Å²) in [6, 6.07) is 17.8. The van der Waals surface area contributed by atoms with Crippen LogP contribution in [0.5, 0.6) is 5.75 Å². The van der Waals surface area contributed by atoms with Crippen LogP contribution in [-0.2, 0) is 11.3 Å². The number of carbonyl (C=O) groups excluding carboxylic acids is 1. The SMILES string of the molecule is COc1ccc(-c2nc3cc(Cl)c(Cl)cc3n2C(=O)OCc2ccccc2)cc1N. The maximum absolute atomic E-state index is 13.1. The first-order valence-electron chi connectivity index (χ1n) is 9.00. The van der Waals surface area contributed by atoms with Crippen molar-refractivity contribution >= 4 is 46.0 Å². The molecule has 6 nitrogen and oxygen atoms in total. The molecule has 0 atom stereocenters. The van der Waals surface area contributed by atoms with Crippen LogP contribution in [0.25, 0.3) is 22.4 Å². The topological polar surface area (TPSA) is 79.4 Å². The standard InChI is InChI=1S/C22H17Cl2N3O3/c1-29-20-8-7-14(9-17(20)25)21-26-18-10-15(23)16(24)11-19(18)27(21)22(28)30-12-13-5-3-2-4-6-13/h2-11H,12,25H2,1H3. The van der Waals surface area contributed by atoms with Crippen molar-refractivity contribution in [2.45, 2.75) is 6.61 Å². The first kappa shape index (κ1) is 20.1. The molecule has 0 unspecified atom stereocenters. The quantitative estimate of drug-likeness (QED) is 0.405. The number of benzene rings is 3. The predicted molar refractivity (Wildman–Crippen MR) is 118 cm³/mol. The van der Waals surface area contributed by atoms with Crippen molar-refractivity contribution in [3.63, 3.8) is 0 Å². The summed E-state index contributed by atoms with van der Waals surface area (Å²) in [4.78, 5) is 17.6. The molecule has 0 amide bonds. The number of hydrogen-bond acceptors (Lipinski definition) is 5. The molecule has 0 saturated carbocycles. The summed E-state index contributed by atoms with van der Waals surface area (Å²) in [5.41, 5.74) is 8.94. The molecular weight excluding hydrogens is 425 g/mol. The van der Waals surface area contributed by atoms with E-state index in [2.05, 4.69) is 4.98 Å². The minimum Gasteiger partial charge on any atom is -0.495 e. The summed E-state index contributed by atoms with van der Waals surface area (Å²) in [6.07, 6.45) is -0.593. The van der Waals surface area contributed by atoms with Crippen molar-refractivity contribution in [2.24, 2.45) is 0 Å². The van der Waals surface area contributed by atoms with Gasteiger partial charge in [-0.15, -0.1) is 0 Å². The molecule has 4 aromatic rings. The maximum Gasteiger partial charge on any atom is 0.420 e. The highest BCUT2D eigenvalue weighted by molar-refractivity contribution is 6.42. The van der Waals surface area contributed by atoms with Gasteiger partial charge in [-0.3, -0.25) is 0 Å². The van der Waals surface area contributed by atoms with Crippen LogP contribution < -0.4 is 10.5 Å². The summed E-state index contributed by atoms with van der Waals surface area (Å²) >= 11 is 12.3. The molecule has 0 fully saturated rings. The van der Waals surface area contributed by atoms with Crippen LogP contribution in [0.15, 0.2) is 60.7 Å². The predicted octanol–water partition coefficient (Wildman–Crippen LogP) is 5.79. The Bertz CT molecular complexity index is 1240. The monoisotopic (exact) mass is 441 g/mol. The number of hydrogen-bond donors (Lipinski definition) is 1. The fraction of sp³-hybridized carbons (Fsp3) is 0.0909. The van der Waals surface area contributed by atoms with Crippen molar-refractivity contribution in [3.05, 3.63) is 76.3 Å². The van der Waals surface area contributed by atoms with Gasteiger partial charge in [0.25, 0.3) is 0 Å². The summed E-state index contributed by atoms with van der Waals surface area (Å²) in [5.74, 6) is 0.884. The number of anilines is 1. The van der Waals surface area contributed by atoms with E-state index in [0.29, 0.717) is 43.9 Å². The number of nitrogens with two attached hydrogens (primary N) is 1. The molecule has 1 heterocycles. The lowest BCUT2D eigenvalue weighted by molar-refractivity contribution is 0.142. The van der Waals surface area contributed by atoms with Gasteiger partial charge in [-0.05, 0) is 35.9 Å². The molecule has 0 aliphatic carbocycles. The largest absolute Gasteiger partial charge is 0.495 e. The Morgan fingerprint density at radius 3 is 2.50 bits per heavy atom. The van der Waals surface area contributed by atoms with Gasteiger partial charge in [-0.1, -0.05) is 53.5 Å². The fourth-order valence-corrected chi connectivity index (χ4v) is 3.42. The molecule has 0 radical (unpaired) electrons. The minimum atomic E-state index is -0.593. The van der Waals surface area contributed by atoms with Gasteiger partial charge >= 0.3 is 6.09 Å². The third-order valence-corrected chi connectivity index (χ3v) is 5.29. The smallest absolute Gasteiger partial charge is 0.420 e. The molecule has 1 aromatic heterocycles. The lowest BCUT2D eigenvalue weighted by Gasteiger charge is -2.11. The van der Waals surface area contributed by atoms with E-state index in [4.69, 9.17) is 38.4 Å². The lowest BCUT2D eigenvalue weighted by Crippen LogP contribution is -2.15. The normalized spacial score (nSPS) is 10.9. The number of nitrogens with zero attached hydrogens (tertiary/aromatic N) is 2. The fourth-order valence-electron chi connectivity index (χ4n) is 3.11. The number of carbonyl (C=O) groups is 1. The van der Waals surface area contributed by atoms with E-state index in [1.807, 2.05) is 30.3 Å². The molecule has 152 valence electrons. The van der Waals surface area contributed by atoms with Gasteiger partial charge in [-0.25, -0.2) is 14.3 Å². The zero-order chi connectivity index (χ0) is 21.3. The number of imidazole rings is 1. The second-order valence-corrected chi connectivity index (χ2v) is 7.34. The van der Waals surface area contributed by atoms with E-state index in [1.165, 1.54) is 11.7 Å². The third kappa shape index (κ3) is 3.79. The highest BCUT2D eigenvalue weighted by atomic mass is 35.5. The Hall–Kier alpha value is -3.22. The van der Waals surface area contributed by atoms with Gasteiger partial charge in [0.15, 0.2) is 5.82 Å². The van der Waals surface area contributed by atoms with E-state index < -0.39 is 6.09 Å². The molecule has 0 saturated heterocycles. The first-order valence-corrected chi connectivity index (χ1v) is 9.76. The van der Waals surface area contributed by atoms with E-state index in [1.54, 1.807) is 30.3 Å². The van der Waals surface area contributed by atoms with Crippen molar-refractivity contribution in [1.29, 1.82) is 0 Å². The number of fused-ring (bicyclic) bond motifs is 1. The van der Waals surface area contributed by atoms with Crippen molar-refractivity contribution < 1.29 is 14.3 Å². The number of nitrogen functional groups attached to an aromatic ring is 1. The summed E-state index contributed by atoms with van der Waals surface area (Å²) in [7, 11) is 1.53. The van der Waals surface area contributed by atoms with E-state index in [9.17, 15) is 4.79 Å². The molecule has 4 rings (SSSR count). The van der Waals surface area contributed by atoms with E-state index in [-0.39, 0.29) is 6.61 Å². The third-order valence-electron chi connectivity index (χ3n) is 4.57. The van der Waals surface area contributed by atoms with Crippen LogP contribution >= 0.6 is 23.2 Å². The van der Waals surface area contributed by atoms with Crippen LogP contribution in [-0.4, -0.2) is 22.8 Å². The summed E-state index contributed by atoms with van der Waals surface area (Å²) in [6.45, 7) is 0.116. The molecule has 0 aliphatic heterocycles. The van der Waals surface area contributed by atoms with Gasteiger partial charge in [0.2, 0.25) is 0 Å². The molecule has 8 heteroatoms. The average Bonchev–Trinajstić information content (AvgIpc) is 3.11. The van der Waals surface area contributed by atoms with Gasteiger partial charge in [0, 0.05) is 5.56 Å². The van der Waals surface area contributed by atoms with Crippen molar-refractivity contribution in [1.82, 2.24) is 9.55 Å². The van der Waals surface area contributed by atoms with Crippen LogP contribution in [0, 0.1) is 0 Å². The highest BCUT2D eigenvalue weighted by Gasteiger charge is 2.21. The van der Waals surface area contributed by atoms with Crippen molar-refractivity contribution in [3.8, 4) is 17.1 Å². The molecule has 3 aromatic carbocycles. The molecule has 2 N–H and O–H groups in total. The summed E-state index contributed by atoms with van der Waals surface area (Å²) in [5, 5.41) is 0.647. The molecular formula is C22H17Cl2N3O3. The Morgan fingerprint density at radius 2 is 1.80 bits per heavy atom. The molecule has 0 aliphatic rings. The number of aromatic nitrogens is 2. The van der Waals surface area contributed by atoms with Gasteiger partial charge < -0.3 is 15.2 Å². The molecule has 30 heavy (non-hydrogen) atoms. The number of methoxy groups -OCH3 is 1. The molecule has 0 spiro atoms. The number of ether oxygens (including phenoxy) is 2. The lowest BCUT2D eigenvalue weighted by atomic mass is 10.2. The van der Waals surface area contributed by atoms with Crippen LogP contribution in [0.3, 0.4) is 0 Å². The maximum atomic E-state index is 13.1. The number of rotatable bonds is 4. The minimum absolute atomic E-state index is 0.116. The first-order chi connectivity index (χ1) is 14.5. The van der Waals surface area contributed by atoms with E-state index in [0.717, 1.165) is 5.56 Å². The van der Waals surface area contributed by atoms with Crippen molar-refractivity contribution in [2.75, 3.05) is 12.8 Å². The Morgan fingerprint density at radius 1 is 1.07 bits per heavy atom. The zero-order valence-corrected chi connectivity index (χ0v) is 17.4. The second-order valence-electron chi connectivity index (χ2n) is 6.52. The van der Waals surface area contributed by atoms with Gasteiger partial charge in [0.05, 0.1) is 33.9 Å². The number of halogens is 2. The average molecular weight is 442 g/mol. The van der Waals surface area contributed by atoms with Crippen LogP contribution in [0.4, 0.5) is 10.5 Å². The Kier molecular flexibility index (Phi) is 5.53. The Balaban J connectivity index is 1.81. The van der Waals surface area contributed by atoms with Gasteiger partial charge in [0.1, 0.15) is 12.4 Å². The zero-order valence-electron chi connectivity index (χ0n) is 15.9.